The summed E-state index contributed by atoms with van der Waals surface area (Å²) in [6, 6.07) is 15.4. The van der Waals surface area contributed by atoms with E-state index >= 15 is 0 Å². The Balaban J connectivity index is 1.55. The van der Waals surface area contributed by atoms with Crippen LogP contribution in [-0.4, -0.2) is 25.7 Å². The molecule has 1 fully saturated rings. The highest BCUT2D eigenvalue weighted by molar-refractivity contribution is 7.98. The lowest BCUT2D eigenvalue weighted by Gasteiger charge is -2.21. The lowest BCUT2D eigenvalue weighted by Crippen LogP contribution is -2.24. The molecule has 1 aliphatic rings. The Morgan fingerprint density at radius 2 is 1.84 bits per heavy atom. The molecule has 0 radical (unpaired) electrons. The fourth-order valence-electron chi connectivity index (χ4n) is 4.32. The van der Waals surface area contributed by atoms with Crippen molar-refractivity contribution in [3.8, 4) is 0 Å². The van der Waals surface area contributed by atoms with E-state index in [-0.39, 0.29) is 11.8 Å². The molecule has 2 heterocycles. The Morgan fingerprint density at radius 3 is 2.68 bits per heavy atom. The second kappa shape index (κ2) is 8.48. The Kier molecular flexibility index (Phi) is 5.39. The van der Waals surface area contributed by atoms with E-state index in [4.69, 9.17) is 11.6 Å². The molecule has 0 atom stereocenters. The van der Waals surface area contributed by atoms with Gasteiger partial charge in [0.2, 0.25) is 11.1 Å². The van der Waals surface area contributed by atoms with Gasteiger partial charge >= 0.3 is 0 Å². The maximum atomic E-state index is 13.5. The van der Waals surface area contributed by atoms with Gasteiger partial charge in [0.1, 0.15) is 5.52 Å². The van der Waals surface area contributed by atoms with E-state index in [1.807, 2.05) is 48.5 Å². The normalized spacial score (nSPS) is 14.7. The fraction of sp³-hybridized carbons (Fsp3) is 0.292. The molecule has 0 unspecified atom stereocenters. The monoisotopic (exact) mass is 427 g/mol. The summed E-state index contributed by atoms with van der Waals surface area (Å²) < 4.78 is 1.76. The highest BCUT2D eigenvalue weighted by Gasteiger charge is 2.27. The molecule has 0 amide bonds. The number of para-hydroxylation sites is 2. The number of hydrogen-bond acceptors (Lipinski definition) is 5. The molecule has 7 heteroatoms. The SMILES string of the molecule is [C-]#[N+]c1ccccc1CSc1nnc2c3ccccc3n(C(=O)C3CCCCC3)c2n1. The topological polar surface area (TPSA) is 65.0 Å². The lowest BCUT2D eigenvalue weighted by atomic mass is 9.88. The van der Waals surface area contributed by atoms with Gasteiger partial charge in [-0.1, -0.05) is 73.5 Å². The molecular weight excluding hydrogens is 406 g/mol. The van der Waals surface area contributed by atoms with E-state index in [9.17, 15) is 4.79 Å². The molecule has 0 N–H and O–H groups in total. The van der Waals surface area contributed by atoms with Crippen molar-refractivity contribution < 1.29 is 4.79 Å². The van der Waals surface area contributed by atoms with Crippen molar-refractivity contribution in [2.75, 3.05) is 0 Å². The van der Waals surface area contributed by atoms with Crippen molar-refractivity contribution >= 4 is 45.4 Å². The van der Waals surface area contributed by atoms with Gasteiger partial charge < -0.3 is 0 Å². The van der Waals surface area contributed by atoms with Crippen LogP contribution in [0, 0.1) is 12.5 Å². The summed E-state index contributed by atoms with van der Waals surface area (Å²) in [5.41, 5.74) is 3.64. The van der Waals surface area contributed by atoms with Gasteiger partial charge in [-0.2, -0.15) is 0 Å². The minimum Gasteiger partial charge on any atom is -0.274 e. The summed E-state index contributed by atoms with van der Waals surface area (Å²) in [4.78, 5) is 21.8. The summed E-state index contributed by atoms with van der Waals surface area (Å²) in [5, 5.41) is 10.2. The van der Waals surface area contributed by atoms with Crippen molar-refractivity contribution in [1.29, 1.82) is 0 Å². The number of carbonyl (C=O) groups is 1. The third-order valence-corrected chi connectivity index (χ3v) is 6.79. The van der Waals surface area contributed by atoms with E-state index < -0.39 is 0 Å². The van der Waals surface area contributed by atoms with Crippen LogP contribution >= 0.6 is 11.8 Å². The third kappa shape index (κ3) is 3.68. The zero-order valence-corrected chi connectivity index (χ0v) is 17.8. The minimum absolute atomic E-state index is 0.0318. The maximum absolute atomic E-state index is 13.5. The Labute approximate surface area is 184 Å². The molecule has 6 nitrogen and oxygen atoms in total. The molecule has 2 aromatic heterocycles. The fourth-order valence-corrected chi connectivity index (χ4v) is 5.10. The van der Waals surface area contributed by atoms with Crippen molar-refractivity contribution in [3.63, 3.8) is 0 Å². The van der Waals surface area contributed by atoms with E-state index in [0.29, 0.717) is 27.8 Å². The summed E-state index contributed by atoms with van der Waals surface area (Å²) >= 11 is 1.43. The number of aromatic nitrogens is 4. The Bertz CT molecular complexity index is 1320. The molecule has 1 aliphatic carbocycles. The summed E-state index contributed by atoms with van der Waals surface area (Å²) in [5.74, 6) is 0.716. The highest BCUT2D eigenvalue weighted by Crippen LogP contribution is 2.32. The van der Waals surface area contributed by atoms with Crippen LogP contribution in [0.15, 0.2) is 53.7 Å². The smallest absolute Gasteiger partial charge is 0.235 e. The van der Waals surface area contributed by atoms with Crippen molar-refractivity contribution in [2.24, 2.45) is 5.92 Å². The second-order valence-electron chi connectivity index (χ2n) is 7.82. The largest absolute Gasteiger partial charge is 0.274 e. The first-order chi connectivity index (χ1) is 15.3. The van der Waals surface area contributed by atoms with Gasteiger partial charge in [-0.15, -0.1) is 10.2 Å². The van der Waals surface area contributed by atoms with Gasteiger partial charge in [-0.25, -0.2) is 9.83 Å². The van der Waals surface area contributed by atoms with Gasteiger partial charge in [0.25, 0.3) is 0 Å². The first kappa shape index (κ1) is 19.7. The van der Waals surface area contributed by atoms with Crippen LogP contribution in [-0.2, 0) is 5.75 Å². The molecule has 0 saturated heterocycles. The predicted molar refractivity (Wildman–Crippen MR) is 122 cm³/mol. The van der Waals surface area contributed by atoms with Gasteiger partial charge in [0.05, 0.1) is 12.1 Å². The van der Waals surface area contributed by atoms with E-state index in [2.05, 4.69) is 15.0 Å². The van der Waals surface area contributed by atoms with E-state index in [0.717, 1.165) is 42.1 Å². The molecule has 0 bridgehead atoms. The number of nitrogens with zero attached hydrogens (tertiary/aromatic N) is 5. The van der Waals surface area contributed by atoms with E-state index in [1.54, 1.807) is 4.57 Å². The number of rotatable bonds is 4. The third-order valence-electron chi connectivity index (χ3n) is 5.90. The Morgan fingerprint density at radius 1 is 1.06 bits per heavy atom. The van der Waals surface area contributed by atoms with Gasteiger partial charge in [0.15, 0.2) is 11.3 Å². The van der Waals surface area contributed by atoms with Gasteiger partial charge in [0, 0.05) is 17.1 Å². The number of carbonyl (C=O) groups excluding carboxylic acids is 1. The number of hydrogen-bond donors (Lipinski definition) is 0. The van der Waals surface area contributed by atoms with Crippen LogP contribution in [0.1, 0.15) is 42.5 Å². The second-order valence-corrected chi connectivity index (χ2v) is 8.76. The van der Waals surface area contributed by atoms with Crippen molar-refractivity contribution in [2.45, 2.75) is 43.0 Å². The molecular formula is C24H21N5OS. The molecule has 0 aliphatic heterocycles. The summed E-state index contributed by atoms with van der Waals surface area (Å²) in [6.45, 7) is 7.34. The standard InChI is InChI=1S/C24H21N5OS/c1-25-19-13-7-5-11-17(19)15-31-24-26-22-21(27-28-24)18-12-6-8-14-20(18)29(22)23(30)16-9-3-2-4-10-16/h5-8,11-14,16H,2-4,9-10,15H2. The van der Waals surface area contributed by atoms with Crippen molar-refractivity contribution in [3.05, 3.63) is 65.5 Å². The number of benzene rings is 2. The first-order valence-corrected chi connectivity index (χ1v) is 11.5. The molecule has 0 spiro atoms. The molecule has 154 valence electrons. The Hall–Kier alpha value is -3.24. The van der Waals surface area contributed by atoms with Crippen LogP contribution in [0.4, 0.5) is 5.69 Å². The molecule has 31 heavy (non-hydrogen) atoms. The van der Waals surface area contributed by atoms with Crippen LogP contribution < -0.4 is 0 Å². The van der Waals surface area contributed by atoms with Crippen LogP contribution in [0.2, 0.25) is 0 Å². The summed E-state index contributed by atoms with van der Waals surface area (Å²) in [7, 11) is 0. The number of fused-ring (bicyclic) bond motifs is 3. The van der Waals surface area contributed by atoms with Crippen molar-refractivity contribution in [1.82, 2.24) is 19.7 Å². The molecule has 2 aromatic carbocycles. The van der Waals surface area contributed by atoms with E-state index in [1.165, 1.54) is 18.2 Å². The van der Waals surface area contributed by atoms with Gasteiger partial charge in [-0.05, 0) is 24.5 Å². The maximum Gasteiger partial charge on any atom is 0.235 e. The average molecular weight is 428 g/mol. The highest BCUT2D eigenvalue weighted by atomic mass is 32.2. The number of thioether (sulfide) groups is 1. The lowest BCUT2D eigenvalue weighted by molar-refractivity contribution is 0.0812. The summed E-state index contributed by atoms with van der Waals surface area (Å²) in [6.07, 6.45) is 5.26. The first-order valence-electron chi connectivity index (χ1n) is 10.5. The molecule has 5 rings (SSSR count). The van der Waals surface area contributed by atoms with Crippen LogP contribution in [0.25, 0.3) is 26.9 Å². The zero-order valence-electron chi connectivity index (χ0n) is 17.0. The zero-order chi connectivity index (χ0) is 21.2. The van der Waals surface area contributed by atoms with Gasteiger partial charge in [-0.3, -0.25) is 9.36 Å². The predicted octanol–water partition coefficient (Wildman–Crippen LogP) is 6.04. The van der Waals surface area contributed by atoms with Crippen LogP contribution in [0.3, 0.4) is 0 Å². The quantitative estimate of drug-likeness (QED) is 0.293. The average Bonchev–Trinajstić information content (AvgIpc) is 3.16. The molecule has 4 aromatic rings. The molecule has 1 saturated carbocycles. The van der Waals surface area contributed by atoms with Crippen LogP contribution in [0.5, 0.6) is 0 Å². The minimum atomic E-state index is 0.0318.